The molecule has 0 saturated heterocycles. The fraction of sp³-hybridized carbons (Fsp3) is 0.421. The topological polar surface area (TPSA) is 43.4 Å². The molecule has 0 aliphatic heterocycles. The molecule has 0 bridgehead atoms. The third-order valence-corrected chi connectivity index (χ3v) is 4.09. The molecule has 24 heavy (non-hydrogen) atoms. The van der Waals surface area contributed by atoms with Crippen LogP contribution >= 0.6 is 15.9 Å². The Morgan fingerprint density at radius 1 is 1.12 bits per heavy atom. The predicted octanol–water partition coefficient (Wildman–Crippen LogP) is 5.42. The van der Waals surface area contributed by atoms with E-state index >= 15 is 0 Å². The standard InChI is InChI=1S/C19H25BrN2O2/c1-3-5-8-11-24-19-16(20)12-15(13-17(19)23-4-2)14-22-18-9-6-7-10-21-18/h6-7,9-10,12-13H,3-5,8,11,14H2,1-2H3,(H,21,22). The van der Waals surface area contributed by atoms with Crippen molar-refractivity contribution in [2.45, 2.75) is 39.7 Å². The molecule has 1 N–H and O–H groups in total. The van der Waals surface area contributed by atoms with Crippen LogP contribution in [0, 0.1) is 0 Å². The van der Waals surface area contributed by atoms with Crippen molar-refractivity contribution in [2.75, 3.05) is 18.5 Å². The van der Waals surface area contributed by atoms with Gasteiger partial charge in [-0.3, -0.25) is 0 Å². The van der Waals surface area contributed by atoms with E-state index in [9.17, 15) is 0 Å². The average molecular weight is 393 g/mol. The molecule has 1 aromatic heterocycles. The molecule has 1 heterocycles. The SMILES string of the molecule is CCCCCOc1c(Br)cc(CNc2ccccn2)cc1OCC. The first-order valence-corrected chi connectivity index (χ1v) is 9.26. The van der Waals surface area contributed by atoms with Gasteiger partial charge in [-0.1, -0.05) is 25.8 Å². The molecular formula is C19H25BrN2O2. The van der Waals surface area contributed by atoms with E-state index in [1.165, 1.54) is 12.8 Å². The summed E-state index contributed by atoms with van der Waals surface area (Å²) in [6.07, 6.45) is 5.18. The Labute approximate surface area is 152 Å². The van der Waals surface area contributed by atoms with Gasteiger partial charge in [-0.2, -0.15) is 0 Å². The number of unbranched alkanes of at least 4 members (excludes halogenated alkanes) is 2. The highest BCUT2D eigenvalue weighted by Crippen LogP contribution is 2.37. The van der Waals surface area contributed by atoms with Gasteiger partial charge in [0.25, 0.3) is 0 Å². The van der Waals surface area contributed by atoms with Crippen LogP contribution in [0.2, 0.25) is 0 Å². The largest absolute Gasteiger partial charge is 0.490 e. The number of aromatic nitrogens is 1. The van der Waals surface area contributed by atoms with Gasteiger partial charge in [0.05, 0.1) is 17.7 Å². The van der Waals surface area contributed by atoms with Crippen molar-refractivity contribution in [2.24, 2.45) is 0 Å². The fourth-order valence-electron chi connectivity index (χ4n) is 2.31. The molecular weight excluding hydrogens is 368 g/mol. The predicted molar refractivity (Wildman–Crippen MR) is 102 cm³/mol. The fourth-order valence-corrected chi connectivity index (χ4v) is 2.92. The summed E-state index contributed by atoms with van der Waals surface area (Å²) in [6.45, 7) is 6.15. The summed E-state index contributed by atoms with van der Waals surface area (Å²) >= 11 is 3.62. The van der Waals surface area contributed by atoms with Crippen LogP contribution in [0.1, 0.15) is 38.7 Å². The highest BCUT2D eigenvalue weighted by Gasteiger charge is 2.12. The van der Waals surface area contributed by atoms with Crippen molar-refractivity contribution in [1.29, 1.82) is 0 Å². The van der Waals surface area contributed by atoms with Gasteiger partial charge in [0.2, 0.25) is 0 Å². The van der Waals surface area contributed by atoms with Gasteiger partial charge in [-0.05, 0) is 59.1 Å². The molecule has 4 nitrogen and oxygen atoms in total. The first kappa shape index (κ1) is 18.6. The Kier molecular flexibility index (Phi) is 7.89. The Morgan fingerprint density at radius 3 is 2.71 bits per heavy atom. The number of benzene rings is 1. The Balaban J connectivity index is 2.07. The normalized spacial score (nSPS) is 10.5. The second kappa shape index (κ2) is 10.2. The van der Waals surface area contributed by atoms with E-state index in [0.717, 1.165) is 33.8 Å². The number of pyridine rings is 1. The number of nitrogens with one attached hydrogen (secondary N) is 1. The molecule has 0 saturated carbocycles. The van der Waals surface area contributed by atoms with Crippen molar-refractivity contribution < 1.29 is 9.47 Å². The third-order valence-electron chi connectivity index (χ3n) is 3.50. The maximum atomic E-state index is 5.94. The highest BCUT2D eigenvalue weighted by atomic mass is 79.9. The lowest BCUT2D eigenvalue weighted by molar-refractivity contribution is 0.269. The summed E-state index contributed by atoms with van der Waals surface area (Å²) in [5.41, 5.74) is 1.11. The van der Waals surface area contributed by atoms with E-state index in [1.807, 2.05) is 31.2 Å². The Morgan fingerprint density at radius 2 is 2.00 bits per heavy atom. The number of rotatable bonds is 10. The maximum Gasteiger partial charge on any atom is 0.175 e. The summed E-state index contributed by atoms with van der Waals surface area (Å²) < 4.78 is 12.6. The van der Waals surface area contributed by atoms with Crippen LogP contribution < -0.4 is 14.8 Å². The van der Waals surface area contributed by atoms with Crippen molar-refractivity contribution in [3.05, 3.63) is 46.6 Å². The Bertz CT molecular complexity index is 620. The highest BCUT2D eigenvalue weighted by molar-refractivity contribution is 9.10. The zero-order valence-electron chi connectivity index (χ0n) is 14.3. The molecule has 1 aromatic carbocycles. The molecule has 0 unspecified atom stereocenters. The lowest BCUT2D eigenvalue weighted by Gasteiger charge is -2.16. The van der Waals surface area contributed by atoms with Gasteiger partial charge in [0.1, 0.15) is 5.82 Å². The number of hydrogen-bond acceptors (Lipinski definition) is 4. The molecule has 0 aliphatic rings. The first-order valence-electron chi connectivity index (χ1n) is 8.47. The number of nitrogens with zero attached hydrogens (tertiary/aromatic N) is 1. The molecule has 2 rings (SSSR count). The molecule has 2 aromatic rings. The molecule has 5 heteroatoms. The van der Waals surface area contributed by atoms with Gasteiger partial charge >= 0.3 is 0 Å². The van der Waals surface area contributed by atoms with E-state index in [2.05, 4.69) is 39.2 Å². The molecule has 0 amide bonds. The molecule has 0 atom stereocenters. The zero-order chi connectivity index (χ0) is 17.2. The van der Waals surface area contributed by atoms with E-state index in [1.54, 1.807) is 6.20 Å². The minimum Gasteiger partial charge on any atom is -0.490 e. The van der Waals surface area contributed by atoms with Crippen LogP contribution in [0.4, 0.5) is 5.82 Å². The van der Waals surface area contributed by atoms with Crippen LogP contribution in [-0.4, -0.2) is 18.2 Å². The van der Waals surface area contributed by atoms with E-state index in [-0.39, 0.29) is 0 Å². The second-order valence-corrected chi connectivity index (χ2v) is 6.32. The lowest BCUT2D eigenvalue weighted by atomic mass is 10.2. The quantitative estimate of drug-likeness (QED) is 0.547. The summed E-state index contributed by atoms with van der Waals surface area (Å²) in [7, 11) is 0. The number of ether oxygens (including phenoxy) is 2. The summed E-state index contributed by atoms with van der Waals surface area (Å²) in [5, 5.41) is 3.31. The second-order valence-electron chi connectivity index (χ2n) is 5.46. The molecule has 0 aliphatic carbocycles. The van der Waals surface area contributed by atoms with Crippen molar-refractivity contribution in [3.63, 3.8) is 0 Å². The number of halogens is 1. The number of anilines is 1. The van der Waals surface area contributed by atoms with Gasteiger partial charge in [0, 0.05) is 12.7 Å². The number of hydrogen-bond donors (Lipinski definition) is 1. The van der Waals surface area contributed by atoms with E-state index in [0.29, 0.717) is 19.8 Å². The summed E-state index contributed by atoms with van der Waals surface area (Å²) in [4.78, 5) is 4.27. The van der Waals surface area contributed by atoms with Crippen molar-refractivity contribution in [1.82, 2.24) is 4.98 Å². The maximum absolute atomic E-state index is 5.94. The Hall–Kier alpha value is -1.75. The molecule has 0 radical (unpaired) electrons. The zero-order valence-corrected chi connectivity index (χ0v) is 15.9. The van der Waals surface area contributed by atoms with Gasteiger partial charge in [-0.15, -0.1) is 0 Å². The van der Waals surface area contributed by atoms with Crippen LogP contribution in [0.15, 0.2) is 41.0 Å². The molecule has 130 valence electrons. The van der Waals surface area contributed by atoms with E-state index < -0.39 is 0 Å². The third kappa shape index (κ3) is 5.71. The average Bonchev–Trinajstić information content (AvgIpc) is 2.60. The smallest absolute Gasteiger partial charge is 0.175 e. The van der Waals surface area contributed by atoms with Crippen molar-refractivity contribution in [3.8, 4) is 11.5 Å². The van der Waals surface area contributed by atoms with Crippen LogP contribution in [0.5, 0.6) is 11.5 Å². The van der Waals surface area contributed by atoms with Crippen LogP contribution in [0.3, 0.4) is 0 Å². The summed E-state index contributed by atoms with van der Waals surface area (Å²) in [5.74, 6) is 2.42. The monoisotopic (exact) mass is 392 g/mol. The van der Waals surface area contributed by atoms with Crippen molar-refractivity contribution >= 4 is 21.7 Å². The van der Waals surface area contributed by atoms with Gasteiger partial charge in [-0.25, -0.2) is 4.98 Å². The van der Waals surface area contributed by atoms with Crippen LogP contribution in [-0.2, 0) is 6.54 Å². The minimum atomic E-state index is 0.606. The molecule has 0 fully saturated rings. The minimum absolute atomic E-state index is 0.606. The summed E-state index contributed by atoms with van der Waals surface area (Å²) in [6, 6.07) is 9.90. The van der Waals surface area contributed by atoms with E-state index in [4.69, 9.17) is 9.47 Å². The lowest BCUT2D eigenvalue weighted by Crippen LogP contribution is -2.05. The molecule has 0 spiro atoms. The van der Waals surface area contributed by atoms with Gasteiger partial charge < -0.3 is 14.8 Å². The van der Waals surface area contributed by atoms with Gasteiger partial charge in [0.15, 0.2) is 11.5 Å². The van der Waals surface area contributed by atoms with Crippen LogP contribution in [0.25, 0.3) is 0 Å². The first-order chi connectivity index (χ1) is 11.7.